The van der Waals surface area contributed by atoms with Gasteiger partial charge >= 0.3 is 11.9 Å². The molecular weight excluding hydrogens is 418 g/mol. The molecule has 2 aliphatic carbocycles. The van der Waals surface area contributed by atoms with E-state index in [0.29, 0.717) is 23.3 Å². The van der Waals surface area contributed by atoms with Crippen LogP contribution in [0.25, 0.3) is 0 Å². The summed E-state index contributed by atoms with van der Waals surface area (Å²) in [5.74, 6) is -2.84. The van der Waals surface area contributed by atoms with Crippen LogP contribution in [0.2, 0.25) is 0 Å². The summed E-state index contributed by atoms with van der Waals surface area (Å²) in [5, 5.41) is 3.32. The Labute approximate surface area is 195 Å². The molecule has 1 N–H and O–H groups in total. The van der Waals surface area contributed by atoms with Crippen LogP contribution in [0.4, 0.5) is 0 Å². The van der Waals surface area contributed by atoms with Crippen LogP contribution in [-0.2, 0) is 23.9 Å². The summed E-state index contributed by atoms with van der Waals surface area (Å²) < 4.78 is 10.9. The standard InChI is InChI=1S/C27H33NO5/c1-15-10-12-18(13-11-15)23-22(27(31)33-19-8-6-5-7-9-19)17(3)28-20-14-16(2)21(26(30)32-4)25(29)24(20)23/h10-13,16,19,21,23,28H,5-9,14H2,1-4H3/t16-,21+,23-/m0/s1. The molecule has 4 rings (SSSR count). The van der Waals surface area contributed by atoms with Gasteiger partial charge in [-0.15, -0.1) is 0 Å². The summed E-state index contributed by atoms with van der Waals surface area (Å²) in [5.41, 5.74) is 4.35. The van der Waals surface area contributed by atoms with Crippen LogP contribution in [0.3, 0.4) is 0 Å². The number of rotatable bonds is 4. The summed E-state index contributed by atoms with van der Waals surface area (Å²) in [4.78, 5) is 39.7. The molecule has 0 unspecified atom stereocenters. The maximum Gasteiger partial charge on any atom is 0.337 e. The minimum Gasteiger partial charge on any atom is -0.468 e. The highest BCUT2D eigenvalue weighted by Crippen LogP contribution is 2.45. The number of ether oxygens (including phenoxy) is 2. The van der Waals surface area contributed by atoms with Crippen LogP contribution in [-0.4, -0.2) is 30.9 Å². The number of dihydropyridines is 1. The highest BCUT2D eigenvalue weighted by Gasteiger charge is 2.47. The average Bonchev–Trinajstić information content (AvgIpc) is 2.79. The largest absolute Gasteiger partial charge is 0.468 e. The lowest BCUT2D eigenvalue weighted by atomic mass is 9.69. The number of nitrogens with one attached hydrogen (secondary N) is 1. The summed E-state index contributed by atoms with van der Waals surface area (Å²) >= 11 is 0. The molecule has 0 bridgehead atoms. The lowest BCUT2D eigenvalue weighted by Gasteiger charge is -2.38. The van der Waals surface area contributed by atoms with Crippen molar-refractivity contribution in [3.8, 4) is 0 Å². The smallest absolute Gasteiger partial charge is 0.337 e. The average molecular weight is 452 g/mol. The minimum atomic E-state index is -0.877. The quantitative estimate of drug-likeness (QED) is 0.537. The van der Waals surface area contributed by atoms with E-state index < -0.39 is 17.8 Å². The molecule has 0 aromatic heterocycles. The second-order valence-corrected chi connectivity index (χ2v) is 9.61. The lowest BCUT2D eigenvalue weighted by Crippen LogP contribution is -2.43. The Hall–Kier alpha value is -2.89. The summed E-state index contributed by atoms with van der Waals surface area (Å²) in [6.45, 7) is 5.75. The number of allylic oxidation sites excluding steroid dienone is 3. The highest BCUT2D eigenvalue weighted by molar-refractivity contribution is 6.12. The molecule has 0 spiro atoms. The van der Waals surface area contributed by atoms with Crippen LogP contribution in [0, 0.1) is 18.8 Å². The Morgan fingerprint density at radius 3 is 2.33 bits per heavy atom. The number of hydrogen-bond donors (Lipinski definition) is 1. The number of aryl methyl sites for hydroxylation is 1. The van der Waals surface area contributed by atoms with Gasteiger partial charge in [-0.2, -0.15) is 0 Å². The molecule has 176 valence electrons. The van der Waals surface area contributed by atoms with E-state index in [1.807, 2.05) is 45.0 Å². The Kier molecular flexibility index (Phi) is 6.73. The van der Waals surface area contributed by atoms with Gasteiger partial charge in [0.05, 0.1) is 12.7 Å². The molecule has 3 aliphatic rings. The third-order valence-corrected chi connectivity index (χ3v) is 7.20. The molecule has 1 aromatic rings. The number of carbonyl (C=O) groups excluding carboxylic acids is 3. The van der Waals surface area contributed by atoms with Crippen molar-refractivity contribution in [1.82, 2.24) is 5.32 Å². The zero-order valence-electron chi connectivity index (χ0n) is 19.9. The fourth-order valence-corrected chi connectivity index (χ4v) is 5.44. The van der Waals surface area contributed by atoms with E-state index in [0.717, 1.165) is 42.5 Å². The third-order valence-electron chi connectivity index (χ3n) is 7.20. The third kappa shape index (κ3) is 4.48. The van der Waals surface area contributed by atoms with Gasteiger partial charge in [-0.25, -0.2) is 4.79 Å². The topological polar surface area (TPSA) is 81.7 Å². The van der Waals surface area contributed by atoms with Crippen molar-refractivity contribution in [2.45, 2.75) is 71.3 Å². The molecule has 33 heavy (non-hydrogen) atoms. The first-order valence-electron chi connectivity index (χ1n) is 11.9. The summed E-state index contributed by atoms with van der Waals surface area (Å²) in [6.07, 6.45) is 5.47. The number of benzene rings is 1. The minimum absolute atomic E-state index is 0.0921. The molecule has 1 aliphatic heterocycles. The van der Waals surface area contributed by atoms with Gasteiger partial charge in [-0.1, -0.05) is 43.2 Å². The molecule has 6 heteroatoms. The van der Waals surface area contributed by atoms with Gasteiger partial charge < -0.3 is 14.8 Å². The number of hydrogen-bond acceptors (Lipinski definition) is 6. The van der Waals surface area contributed by atoms with Gasteiger partial charge in [0.1, 0.15) is 12.0 Å². The van der Waals surface area contributed by atoms with Gasteiger partial charge in [0.25, 0.3) is 0 Å². The molecule has 6 nitrogen and oxygen atoms in total. The van der Waals surface area contributed by atoms with E-state index in [-0.39, 0.29) is 23.8 Å². The molecule has 0 radical (unpaired) electrons. The van der Waals surface area contributed by atoms with Crippen LogP contribution in [0.5, 0.6) is 0 Å². The number of carbonyl (C=O) groups is 3. The molecule has 1 saturated carbocycles. The van der Waals surface area contributed by atoms with Crippen LogP contribution in [0.15, 0.2) is 46.8 Å². The van der Waals surface area contributed by atoms with Gasteiger partial charge in [-0.05, 0) is 57.4 Å². The Balaban J connectivity index is 1.77. The summed E-state index contributed by atoms with van der Waals surface area (Å²) in [6, 6.07) is 7.86. The fourth-order valence-electron chi connectivity index (χ4n) is 5.44. The first-order chi connectivity index (χ1) is 15.8. The second-order valence-electron chi connectivity index (χ2n) is 9.61. The van der Waals surface area contributed by atoms with Crippen molar-refractivity contribution in [2.75, 3.05) is 7.11 Å². The van der Waals surface area contributed by atoms with Crippen molar-refractivity contribution in [1.29, 1.82) is 0 Å². The van der Waals surface area contributed by atoms with E-state index >= 15 is 0 Å². The molecule has 1 aromatic carbocycles. The molecule has 3 atom stereocenters. The Morgan fingerprint density at radius 2 is 1.70 bits per heavy atom. The number of esters is 2. The number of Topliss-reactive ketones (excluding diaryl/α,β-unsaturated/α-hetero) is 1. The van der Waals surface area contributed by atoms with E-state index in [1.54, 1.807) is 0 Å². The lowest BCUT2D eigenvalue weighted by molar-refractivity contribution is -0.151. The Bertz CT molecular complexity index is 1010. The van der Waals surface area contributed by atoms with Crippen molar-refractivity contribution in [2.24, 2.45) is 11.8 Å². The van der Waals surface area contributed by atoms with Crippen molar-refractivity contribution < 1.29 is 23.9 Å². The van der Waals surface area contributed by atoms with Crippen molar-refractivity contribution in [3.05, 3.63) is 57.9 Å². The predicted molar refractivity (Wildman–Crippen MR) is 124 cm³/mol. The van der Waals surface area contributed by atoms with Crippen molar-refractivity contribution >= 4 is 17.7 Å². The zero-order valence-corrected chi connectivity index (χ0v) is 19.9. The fraction of sp³-hybridized carbons (Fsp3) is 0.519. The van der Waals surface area contributed by atoms with E-state index in [2.05, 4.69) is 5.32 Å². The van der Waals surface area contributed by atoms with Crippen molar-refractivity contribution in [3.63, 3.8) is 0 Å². The molecule has 1 heterocycles. The maximum absolute atomic E-state index is 13.7. The van der Waals surface area contributed by atoms with E-state index in [9.17, 15) is 14.4 Å². The first kappa shape index (κ1) is 23.3. The van der Waals surface area contributed by atoms with Gasteiger partial charge in [-0.3, -0.25) is 9.59 Å². The monoisotopic (exact) mass is 451 g/mol. The van der Waals surface area contributed by atoms with E-state index in [4.69, 9.17) is 9.47 Å². The normalized spacial score (nSPS) is 25.9. The summed E-state index contributed by atoms with van der Waals surface area (Å²) in [7, 11) is 1.31. The molecule has 1 fully saturated rings. The zero-order chi connectivity index (χ0) is 23.7. The number of ketones is 1. The predicted octanol–water partition coefficient (Wildman–Crippen LogP) is 4.48. The molecule has 0 saturated heterocycles. The van der Waals surface area contributed by atoms with E-state index in [1.165, 1.54) is 13.5 Å². The Morgan fingerprint density at radius 1 is 1.03 bits per heavy atom. The molecular formula is C27H33NO5. The van der Waals surface area contributed by atoms with Crippen LogP contribution < -0.4 is 5.32 Å². The van der Waals surface area contributed by atoms with Gasteiger partial charge in [0, 0.05) is 22.9 Å². The SMILES string of the molecule is COC(=O)[C@H]1C(=O)C2=C(C[C@@H]1C)NC(C)=C(C(=O)OC1CCCCC1)[C@@H]2c1ccc(C)cc1. The maximum atomic E-state index is 13.7. The number of methoxy groups -OCH3 is 1. The van der Waals surface area contributed by atoms with Gasteiger partial charge in [0.2, 0.25) is 0 Å². The molecule has 0 amide bonds. The van der Waals surface area contributed by atoms with Crippen LogP contribution in [0.1, 0.15) is 69.4 Å². The highest BCUT2D eigenvalue weighted by atomic mass is 16.5. The first-order valence-corrected chi connectivity index (χ1v) is 11.9. The van der Waals surface area contributed by atoms with Crippen LogP contribution >= 0.6 is 0 Å². The second kappa shape index (κ2) is 9.54. The van der Waals surface area contributed by atoms with Gasteiger partial charge in [0.15, 0.2) is 5.78 Å².